The Morgan fingerprint density at radius 3 is 2.08 bits per heavy atom. The van der Waals surface area contributed by atoms with Gasteiger partial charge in [-0.05, 0) is 19.8 Å². The van der Waals surface area contributed by atoms with Crippen molar-refractivity contribution in [2.75, 3.05) is 13.2 Å². The maximum absolute atomic E-state index is 11.1. The van der Waals surface area contributed by atoms with Gasteiger partial charge in [0.25, 0.3) is 0 Å². The van der Waals surface area contributed by atoms with Gasteiger partial charge >= 0.3 is 0 Å². The van der Waals surface area contributed by atoms with Crippen molar-refractivity contribution in [1.82, 2.24) is 0 Å². The summed E-state index contributed by atoms with van der Waals surface area (Å²) < 4.78 is 11.0. The SMILES string of the molecule is CC(=O)C1C[C@@H]2OCCO[C@@H]2C1. The van der Waals surface area contributed by atoms with E-state index in [0.717, 1.165) is 12.8 Å². The summed E-state index contributed by atoms with van der Waals surface area (Å²) in [5.41, 5.74) is 0. The van der Waals surface area contributed by atoms with Gasteiger partial charge in [0.1, 0.15) is 5.78 Å². The quantitative estimate of drug-likeness (QED) is 0.583. The number of hydrogen-bond acceptors (Lipinski definition) is 3. The zero-order chi connectivity index (χ0) is 8.55. The molecule has 3 atom stereocenters. The second kappa shape index (κ2) is 3.15. The summed E-state index contributed by atoms with van der Waals surface area (Å²) in [6.45, 7) is 3.03. The predicted octanol–water partition coefficient (Wildman–Crippen LogP) is 0.769. The third-order valence-corrected chi connectivity index (χ3v) is 2.77. The van der Waals surface area contributed by atoms with Crippen LogP contribution in [0.2, 0.25) is 0 Å². The first kappa shape index (κ1) is 8.20. The Kier molecular flexibility index (Phi) is 2.15. The van der Waals surface area contributed by atoms with Crippen molar-refractivity contribution in [3.8, 4) is 0 Å². The first-order valence-electron chi connectivity index (χ1n) is 4.51. The molecule has 2 rings (SSSR count). The molecule has 2 aliphatic rings. The standard InChI is InChI=1S/C9H14O3/c1-6(10)7-4-8-9(5-7)12-3-2-11-8/h7-9H,2-5H2,1H3/t7?,8-,9+. The fraction of sp³-hybridized carbons (Fsp3) is 0.889. The molecule has 0 aromatic carbocycles. The van der Waals surface area contributed by atoms with Crippen LogP contribution in [0.4, 0.5) is 0 Å². The summed E-state index contributed by atoms with van der Waals surface area (Å²) in [5.74, 6) is 0.453. The molecule has 0 amide bonds. The fourth-order valence-corrected chi connectivity index (χ4v) is 2.04. The molecule has 0 N–H and O–H groups in total. The molecule has 1 heterocycles. The minimum atomic E-state index is 0.179. The van der Waals surface area contributed by atoms with Crippen LogP contribution in [-0.2, 0) is 14.3 Å². The first-order chi connectivity index (χ1) is 5.77. The summed E-state index contributed by atoms with van der Waals surface area (Å²) in [4.78, 5) is 11.1. The molecule has 0 aromatic rings. The van der Waals surface area contributed by atoms with E-state index in [2.05, 4.69) is 0 Å². The van der Waals surface area contributed by atoms with Crippen LogP contribution in [0.15, 0.2) is 0 Å². The maximum atomic E-state index is 11.1. The number of hydrogen-bond donors (Lipinski definition) is 0. The van der Waals surface area contributed by atoms with E-state index in [1.54, 1.807) is 6.92 Å². The Balaban J connectivity index is 1.98. The summed E-state index contributed by atoms with van der Waals surface area (Å²) in [6, 6.07) is 0. The molecule has 12 heavy (non-hydrogen) atoms. The molecule has 68 valence electrons. The molecule has 0 bridgehead atoms. The van der Waals surface area contributed by atoms with Crippen LogP contribution < -0.4 is 0 Å². The van der Waals surface area contributed by atoms with Crippen LogP contribution in [0.1, 0.15) is 19.8 Å². The van der Waals surface area contributed by atoms with E-state index in [9.17, 15) is 4.79 Å². The van der Waals surface area contributed by atoms with Gasteiger partial charge < -0.3 is 9.47 Å². The van der Waals surface area contributed by atoms with Crippen LogP contribution in [0.25, 0.3) is 0 Å². The maximum Gasteiger partial charge on any atom is 0.133 e. The highest BCUT2D eigenvalue weighted by Crippen LogP contribution is 2.32. The van der Waals surface area contributed by atoms with Gasteiger partial charge in [-0.25, -0.2) is 0 Å². The van der Waals surface area contributed by atoms with Crippen molar-refractivity contribution < 1.29 is 14.3 Å². The minimum absolute atomic E-state index is 0.179. The van der Waals surface area contributed by atoms with E-state index in [1.165, 1.54) is 0 Å². The van der Waals surface area contributed by atoms with E-state index in [1.807, 2.05) is 0 Å². The Hall–Kier alpha value is -0.410. The average molecular weight is 170 g/mol. The highest BCUT2D eigenvalue weighted by atomic mass is 16.6. The molecular weight excluding hydrogens is 156 g/mol. The van der Waals surface area contributed by atoms with Crippen LogP contribution in [0.3, 0.4) is 0 Å². The van der Waals surface area contributed by atoms with Gasteiger partial charge in [-0.2, -0.15) is 0 Å². The molecule has 1 saturated heterocycles. The molecule has 0 aromatic heterocycles. The normalized spacial score (nSPS) is 40.9. The Morgan fingerprint density at radius 1 is 1.17 bits per heavy atom. The Labute approximate surface area is 72.0 Å². The smallest absolute Gasteiger partial charge is 0.133 e. The van der Waals surface area contributed by atoms with Gasteiger partial charge in [-0.15, -0.1) is 0 Å². The lowest BCUT2D eigenvalue weighted by molar-refractivity contribution is -0.124. The number of carbonyl (C=O) groups is 1. The topological polar surface area (TPSA) is 35.5 Å². The summed E-state index contributed by atoms with van der Waals surface area (Å²) in [5, 5.41) is 0. The van der Waals surface area contributed by atoms with Gasteiger partial charge in [0.15, 0.2) is 0 Å². The van der Waals surface area contributed by atoms with Crippen LogP contribution in [0, 0.1) is 5.92 Å². The molecule has 0 radical (unpaired) electrons. The average Bonchev–Trinajstić information content (AvgIpc) is 2.46. The molecule has 1 aliphatic carbocycles. The van der Waals surface area contributed by atoms with Crippen LogP contribution in [-0.4, -0.2) is 31.2 Å². The van der Waals surface area contributed by atoms with Crippen molar-refractivity contribution in [1.29, 1.82) is 0 Å². The molecule has 1 aliphatic heterocycles. The number of ether oxygens (including phenoxy) is 2. The van der Waals surface area contributed by atoms with E-state index in [4.69, 9.17) is 9.47 Å². The lowest BCUT2D eigenvalue weighted by Crippen LogP contribution is -2.33. The van der Waals surface area contributed by atoms with Gasteiger partial charge in [-0.3, -0.25) is 4.79 Å². The lowest BCUT2D eigenvalue weighted by atomic mass is 10.0. The largest absolute Gasteiger partial charge is 0.373 e. The number of fused-ring (bicyclic) bond motifs is 1. The molecule has 3 heteroatoms. The van der Waals surface area contributed by atoms with Crippen LogP contribution >= 0.6 is 0 Å². The van der Waals surface area contributed by atoms with E-state index in [-0.39, 0.29) is 23.9 Å². The fourth-order valence-electron chi connectivity index (χ4n) is 2.04. The van der Waals surface area contributed by atoms with E-state index >= 15 is 0 Å². The van der Waals surface area contributed by atoms with Gasteiger partial charge in [-0.1, -0.05) is 0 Å². The zero-order valence-corrected chi connectivity index (χ0v) is 7.29. The highest BCUT2D eigenvalue weighted by molar-refractivity contribution is 5.78. The monoisotopic (exact) mass is 170 g/mol. The summed E-state index contributed by atoms with van der Waals surface area (Å²) >= 11 is 0. The number of ketones is 1. The lowest BCUT2D eigenvalue weighted by Gasteiger charge is -2.25. The van der Waals surface area contributed by atoms with Crippen molar-refractivity contribution >= 4 is 5.78 Å². The van der Waals surface area contributed by atoms with Crippen LogP contribution in [0.5, 0.6) is 0 Å². The second-order valence-corrected chi connectivity index (χ2v) is 3.60. The molecule has 1 unspecified atom stereocenters. The van der Waals surface area contributed by atoms with Gasteiger partial charge in [0, 0.05) is 5.92 Å². The van der Waals surface area contributed by atoms with E-state index in [0.29, 0.717) is 13.2 Å². The highest BCUT2D eigenvalue weighted by Gasteiger charge is 2.39. The summed E-state index contributed by atoms with van der Waals surface area (Å²) in [7, 11) is 0. The molecule has 0 spiro atoms. The Morgan fingerprint density at radius 2 is 1.67 bits per heavy atom. The second-order valence-electron chi connectivity index (χ2n) is 3.60. The van der Waals surface area contributed by atoms with Crippen molar-refractivity contribution in [3.63, 3.8) is 0 Å². The number of Topliss-reactive ketones (excluding diaryl/α,β-unsaturated/α-hetero) is 1. The molecule has 2 fully saturated rings. The third-order valence-electron chi connectivity index (χ3n) is 2.77. The third kappa shape index (κ3) is 1.39. The number of rotatable bonds is 1. The summed E-state index contributed by atoms with van der Waals surface area (Å²) in [6.07, 6.45) is 2.10. The molecule has 1 saturated carbocycles. The van der Waals surface area contributed by atoms with E-state index < -0.39 is 0 Å². The van der Waals surface area contributed by atoms with Crippen molar-refractivity contribution in [2.24, 2.45) is 5.92 Å². The van der Waals surface area contributed by atoms with Gasteiger partial charge in [0.05, 0.1) is 25.4 Å². The predicted molar refractivity (Wildman–Crippen MR) is 42.9 cm³/mol. The minimum Gasteiger partial charge on any atom is -0.373 e. The van der Waals surface area contributed by atoms with Crippen molar-refractivity contribution in [3.05, 3.63) is 0 Å². The molecule has 3 nitrogen and oxygen atoms in total. The molecular formula is C9H14O3. The van der Waals surface area contributed by atoms with Gasteiger partial charge in [0.2, 0.25) is 0 Å². The van der Waals surface area contributed by atoms with Crippen molar-refractivity contribution in [2.45, 2.75) is 32.0 Å². The number of carbonyl (C=O) groups excluding carboxylic acids is 1. The zero-order valence-electron chi connectivity index (χ0n) is 7.29. The Bertz CT molecular complexity index is 176. The first-order valence-corrected chi connectivity index (χ1v) is 4.51.